The number of halogens is 1. The van der Waals surface area contributed by atoms with Crippen LogP contribution in [0.1, 0.15) is 15.9 Å². The molecule has 0 spiro atoms. The average Bonchev–Trinajstić information content (AvgIpc) is 2.55. The van der Waals surface area contributed by atoms with E-state index in [4.69, 9.17) is 4.74 Å². The van der Waals surface area contributed by atoms with Crippen LogP contribution in [0.4, 0.5) is 5.69 Å². The third-order valence-electron chi connectivity index (χ3n) is 3.91. The van der Waals surface area contributed by atoms with Gasteiger partial charge >= 0.3 is 0 Å². The van der Waals surface area contributed by atoms with Crippen LogP contribution in [-0.4, -0.2) is 29.9 Å². The van der Waals surface area contributed by atoms with Gasteiger partial charge in [0.25, 0.3) is 11.5 Å². The number of ketones is 1. The first-order chi connectivity index (χ1) is 11.4. The quantitative estimate of drug-likeness (QED) is 0.753. The number of rotatable bonds is 3. The van der Waals surface area contributed by atoms with Gasteiger partial charge in [-0.2, -0.15) is 0 Å². The summed E-state index contributed by atoms with van der Waals surface area (Å²) in [5, 5.41) is 0. The SMILES string of the molecule is Cc1cc(Br)cn(CC(=O)c2ccc3c(c2)N(C)C(=O)CO3)c1=O. The van der Waals surface area contributed by atoms with Crippen LogP contribution in [0, 0.1) is 6.92 Å². The molecule has 0 unspecified atom stereocenters. The molecule has 0 aliphatic carbocycles. The van der Waals surface area contributed by atoms with E-state index in [1.54, 1.807) is 44.4 Å². The van der Waals surface area contributed by atoms with E-state index >= 15 is 0 Å². The molecule has 1 aromatic heterocycles. The van der Waals surface area contributed by atoms with Crippen molar-refractivity contribution in [2.75, 3.05) is 18.6 Å². The summed E-state index contributed by atoms with van der Waals surface area (Å²) in [6.07, 6.45) is 1.59. The van der Waals surface area contributed by atoms with Crippen LogP contribution >= 0.6 is 15.9 Å². The first kappa shape index (κ1) is 16.4. The standard InChI is InChI=1S/C17H15BrN2O4/c1-10-5-12(18)7-20(17(10)23)8-14(21)11-3-4-15-13(6-11)19(2)16(22)9-24-15/h3-7H,8-9H2,1-2H3. The number of pyridine rings is 1. The number of anilines is 1. The van der Waals surface area contributed by atoms with Crippen molar-refractivity contribution >= 4 is 33.3 Å². The Morgan fingerprint density at radius 1 is 1.29 bits per heavy atom. The van der Waals surface area contributed by atoms with E-state index in [2.05, 4.69) is 15.9 Å². The minimum Gasteiger partial charge on any atom is -0.482 e. The molecule has 2 heterocycles. The zero-order valence-corrected chi connectivity index (χ0v) is 14.8. The lowest BCUT2D eigenvalue weighted by Gasteiger charge is -2.26. The number of fused-ring (bicyclic) bond motifs is 1. The zero-order valence-electron chi connectivity index (χ0n) is 13.2. The molecule has 0 radical (unpaired) electrons. The van der Waals surface area contributed by atoms with Gasteiger partial charge in [-0.25, -0.2) is 0 Å². The molecule has 7 heteroatoms. The highest BCUT2D eigenvalue weighted by atomic mass is 79.9. The van der Waals surface area contributed by atoms with Gasteiger partial charge in [0.2, 0.25) is 0 Å². The van der Waals surface area contributed by atoms with E-state index in [0.717, 1.165) is 4.47 Å². The summed E-state index contributed by atoms with van der Waals surface area (Å²) in [4.78, 5) is 37.9. The van der Waals surface area contributed by atoms with Crippen LogP contribution in [0.5, 0.6) is 5.75 Å². The van der Waals surface area contributed by atoms with Gasteiger partial charge < -0.3 is 14.2 Å². The smallest absolute Gasteiger partial charge is 0.264 e. The van der Waals surface area contributed by atoms with Crippen LogP contribution < -0.4 is 15.2 Å². The maximum absolute atomic E-state index is 12.5. The molecule has 124 valence electrons. The minimum absolute atomic E-state index is 0.0104. The number of aromatic nitrogens is 1. The van der Waals surface area contributed by atoms with Crippen LogP contribution in [0.25, 0.3) is 0 Å². The maximum atomic E-state index is 12.5. The lowest BCUT2D eigenvalue weighted by molar-refractivity contribution is -0.120. The molecule has 0 bridgehead atoms. The van der Waals surface area contributed by atoms with Crippen LogP contribution in [0.2, 0.25) is 0 Å². The van der Waals surface area contributed by atoms with Crippen LogP contribution in [-0.2, 0) is 11.3 Å². The van der Waals surface area contributed by atoms with Crippen LogP contribution in [0.15, 0.2) is 39.7 Å². The number of carbonyl (C=O) groups is 2. The zero-order chi connectivity index (χ0) is 17.4. The number of aryl methyl sites for hydroxylation is 1. The normalized spacial score (nSPS) is 13.5. The number of Topliss-reactive ketones (excluding diaryl/α,β-unsaturated/α-hetero) is 1. The van der Waals surface area contributed by atoms with Crippen molar-refractivity contribution in [3.8, 4) is 5.75 Å². The molecule has 1 aromatic carbocycles. The van der Waals surface area contributed by atoms with Gasteiger partial charge in [0, 0.05) is 28.8 Å². The molecular formula is C17H15BrN2O4. The van der Waals surface area contributed by atoms with E-state index < -0.39 is 0 Å². The summed E-state index contributed by atoms with van der Waals surface area (Å²) in [7, 11) is 1.64. The molecule has 0 saturated heterocycles. The average molecular weight is 391 g/mol. The van der Waals surface area contributed by atoms with E-state index in [1.807, 2.05) is 0 Å². The first-order valence-electron chi connectivity index (χ1n) is 7.30. The van der Waals surface area contributed by atoms with Crippen molar-refractivity contribution < 1.29 is 14.3 Å². The molecule has 2 aromatic rings. The number of amides is 1. The van der Waals surface area contributed by atoms with Gasteiger partial charge in [-0.05, 0) is 47.1 Å². The highest BCUT2D eigenvalue weighted by Gasteiger charge is 2.23. The lowest BCUT2D eigenvalue weighted by Crippen LogP contribution is -2.35. The third-order valence-corrected chi connectivity index (χ3v) is 4.35. The van der Waals surface area contributed by atoms with Crippen molar-refractivity contribution in [2.24, 2.45) is 0 Å². The second-order valence-electron chi connectivity index (χ2n) is 5.62. The molecule has 1 aliphatic rings. The predicted molar refractivity (Wildman–Crippen MR) is 92.8 cm³/mol. The number of benzene rings is 1. The molecule has 3 rings (SSSR count). The Morgan fingerprint density at radius 2 is 2.04 bits per heavy atom. The molecule has 24 heavy (non-hydrogen) atoms. The van der Waals surface area contributed by atoms with Crippen LogP contribution in [0.3, 0.4) is 0 Å². The summed E-state index contributed by atoms with van der Waals surface area (Å²) in [6, 6.07) is 6.63. The van der Waals surface area contributed by atoms with Gasteiger partial charge in [-0.3, -0.25) is 14.4 Å². The Labute approximate surface area is 146 Å². The Kier molecular flexibility index (Phi) is 4.28. The van der Waals surface area contributed by atoms with Crippen molar-refractivity contribution in [3.63, 3.8) is 0 Å². The summed E-state index contributed by atoms with van der Waals surface area (Å²) in [5.41, 5.74) is 1.32. The molecular weight excluding hydrogens is 376 g/mol. The van der Waals surface area contributed by atoms with E-state index in [-0.39, 0.29) is 30.4 Å². The molecule has 1 amide bonds. The third kappa shape index (κ3) is 2.99. The molecule has 1 aliphatic heterocycles. The van der Waals surface area contributed by atoms with Gasteiger partial charge in [-0.1, -0.05) is 0 Å². The Morgan fingerprint density at radius 3 is 2.79 bits per heavy atom. The monoisotopic (exact) mass is 390 g/mol. The number of nitrogens with zero attached hydrogens (tertiary/aromatic N) is 2. The van der Waals surface area contributed by atoms with Crippen molar-refractivity contribution in [1.82, 2.24) is 4.57 Å². The predicted octanol–water partition coefficient (Wildman–Crippen LogP) is 2.16. The minimum atomic E-state index is -0.219. The lowest BCUT2D eigenvalue weighted by atomic mass is 10.1. The van der Waals surface area contributed by atoms with E-state index in [9.17, 15) is 14.4 Å². The molecule has 0 fully saturated rings. The van der Waals surface area contributed by atoms with Gasteiger partial charge in [0.05, 0.1) is 12.2 Å². The fourth-order valence-corrected chi connectivity index (χ4v) is 3.14. The second kappa shape index (κ2) is 6.24. The maximum Gasteiger partial charge on any atom is 0.264 e. The number of carbonyl (C=O) groups excluding carboxylic acids is 2. The fourth-order valence-electron chi connectivity index (χ4n) is 2.55. The number of ether oxygens (including phenoxy) is 1. The Balaban J connectivity index is 1.92. The summed E-state index contributed by atoms with van der Waals surface area (Å²) in [5.74, 6) is 0.166. The highest BCUT2D eigenvalue weighted by Crippen LogP contribution is 2.32. The largest absolute Gasteiger partial charge is 0.482 e. The number of hydrogen-bond donors (Lipinski definition) is 0. The van der Waals surface area contributed by atoms with E-state index in [0.29, 0.717) is 22.6 Å². The second-order valence-corrected chi connectivity index (χ2v) is 6.54. The van der Waals surface area contributed by atoms with Gasteiger partial charge in [0.15, 0.2) is 12.4 Å². The summed E-state index contributed by atoms with van der Waals surface area (Å²) < 4.78 is 7.45. The highest BCUT2D eigenvalue weighted by molar-refractivity contribution is 9.10. The van der Waals surface area contributed by atoms with Crippen molar-refractivity contribution in [3.05, 3.63) is 56.4 Å². The first-order valence-corrected chi connectivity index (χ1v) is 8.09. The van der Waals surface area contributed by atoms with Crippen molar-refractivity contribution in [2.45, 2.75) is 13.5 Å². The molecule has 6 nitrogen and oxygen atoms in total. The summed E-state index contributed by atoms with van der Waals surface area (Å²) >= 11 is 3.33. The fraction of sp³-hybridized carbons (Fsp3) is 0.235. The molecule has 0 saturated carbocycles. The Hall–Kier alpha value is -2.41. The summed E-state index contributed by atoms with van der Waals surface area (Å²) in [6.45, 7) is 1.62. The van der Waals surface area contributed by atoms with Gasteiger partial charge in [-0.15, -0.1) is 0 Å². The molecule has 0 atom stereocenters. The number of hydrogen-bond acceptors (Lipinski definition) is 4. The van der Waals surface area contributed by atoms with Gasteiger partial charge in [0.1, 0.15) is 5.75 Å². The van der Waals surface area contributed by atoms with Crippen molar-refractivity contribution in [1.29, 1.82) is 0 Å². The molecule has 0 N–H and O–H groups in total. The Bertz CT molecular complexity index is 904. The van der Waals surface area contributed by atoms with E-state index in [1.165, 1.54) is 9.47 Å². The number of likely N-dealkylation sites (N-methyl/N-ethyl adjacent to an activating group) is 1. The topological polar surface area (TPSA) is 68.6 Å².